The Morgan fingerprint density at radius 1 is 1.24 bits per heavy atom. The first-order chi connectivity index (χ1) is 16.4. The zero-order valence-corrected chi connectivity index (χ0v) is 20.7. The number of hydrogen-bond donors (Lipinski definition) is 2. The molecule has 1 aliphatic rings. The molecule has 0 unspecified atom stereocenters. The molecule has 8 nitrogen and oxygen atoms in total. The van der Waals surface area contributed by atoms with Crippen LogP contribution < -0.4 is 21.1 Å². The molecule has 0 spiro atoms. The van der Waals surface area contributed by atoms with E-state index in [2.05, 4.69) is 27.4 Å². The van der Waals surface area contributed by atoms with Gasteiger partial charge in [-0.2, -0.15) is 4.98 Å². The van der Waals surface area contributed by atoms with Gasteiger partial charge in [-0.05, 0) is 49.4 Å². The first-order valence-corrected chi connectivity index (χ1v) is 12.1. The first kappa shape index (κ1) is 24.0. The topological polar surface area (TPSA) is 92.2 Å². The van der Waals surface area contributed by atoms with Gasteiger partial charge in [0.25, 0.3) is 5.56 Å². The minimum absolute atomic E-state index is 0.0903. The smallest absolute Gasteiger partial charge is 0.253 e. The van der Waals surface area contributed by atoms with Crippen LogP contribution in [-0.2, 0) is 18.3 Å². The molecule has 9 heteroatoms. The SMILES string of the molecule is CCC1CCN(c2ncc(Cl)c(Nc3ccc4c(c3)cc(CCC(=O)NC)c(=O)n4C)n2)CC1. The molecule has 2 aromatic heterocycles. The van der Waals surface area contributed by atoms with Crippen molar-refractivity contribution in [3.63, 3.8) is 0 Å². The Bertz CT molecular complexity index is 1250. The van der Waals surface area contributed by atoms with Gasteiger partial charge in [-0.15, -0.1) is 0 Å². The molecule has 180 valence electrons. The normalized spacial score (nSPS) is 14.4. The van der Waals surface area contributed by atoms with Crippen molar-refractivity contribution in [2.45, 2.75) is 39.0 Å². The third-order valence-corrected chi connectivity index (χ3v) is 6.94. The van der Waals surface area contributed by atoms with E-state index in [1.54, 1.807) is 24.9 Å². The van der Waals surface area contributed by atoms with Gasteiger partial charge < -0.3 is 20.1 Å². The number of piperidine rings is 1. The Balaban J connectivity index is 1.59. The lowest BCUT2D eigenvalue weighted by Crippen LogP contribution is -2.34. The van der Waals surface area contributed by atoms with Crippen molar-refractivity contribution in [3.8, 4) is 0 Å². The molecule has 1 saturated heterocycles. The van der Waals surface area contributed by atoms with E-state index in [1.165, 1.54) is 6.42 Å². The Morgan fingerprint density at radius 2 is 2.00 bits per heavy atom. The van der Waals surface area contributed by atoms with Crippen LogP contribution in [-0.4, -0.2) is 40.6 Å². The van der Waals surface area contributed by atoms with E-state index in [9.17, 15) is 9.59 Å². The standard InChI is InChI=1S/C25H31ClN6O2/c1-4-16-9-11-32(12-10-16)25-28-15-20(26)23(30-25)29-19-6-7-21-18(14-19)13-17(24(34)31(21)3)5-8-22(33)27-2/h6-7,13-16H,4-5,8-12H2,1-3H3,(H,27,33)(H,28,29,30). The molecule has 0 bridgehead atoms. The zero-order chi connectivity index (χ0) is 24.2. The van der Waals surface area contributed by atoms with Crippen molar-refractivity contribution in [3.05, 3.63) is 51.4 Å². The molecular formula is C25H31ClN6O2. The van der Waals surface area contributed by atoms with Gasteiger partial charge in [-0.25, -0.2) is 4.98 Å². The number of aromatic nitrogens is 3. The van der Waals surface area contributed by atoms with E-state index in [1.807, 2.05) is 24.3 Å². The highest BCUT2D eigenvalue weighted by atomic mass is 35.5. The second-order valence-corrected chi connectivity index (χ2v) is 9.22. The largest absolute Gasteiger partial charge is 0.359 e. The van der Waals surface area contributed by atoms with Gasteiger partial charge in [0.15, 0.2) is 5.82 Å². The van der Waals surface area contributed by atoms with E-state index in [0.29, 0.717) is 28.8 Å². The molecule has 0 saturated carbocycles. The Kier molecular flexibility index (Phi) is 7.36. The van der Waals surface area contributed by atoms with Crippen LogP contribution in [0.5, 0.6) is 0 Å². The fraction of sp³-hybridized carbons (Fsp3) is 0.440. The van der Waals surface area contributed by atoms with E-state index >= 15 is 0 Å². The zero-order valence-electron chi connectivity index (χ0n) is 19.9. The number of nitrogens with zero attached hydrogens (tertiary/aromatic N) is 4. The number of amides is 1. The van der Waals surface area contributed by atoms with Crippen LogP contribution in [0.3, 0.4) is 0 Å². The van der Waals surface area contributed by atoms with Crippen LogP contribution in [0, 0.1) is 5.92 Å². The summed E-state index contributed by atoms with van der Waals surface area (Å²) in [6.07, 6.45) is 5.80. The third kappa shape index (κ3) is 5.17. The second-order valence-electron chi connectivity index (χ2n) is 8.81. The molecular weight excluding hydrogens is 452 g/mol. The number of carbonyl (C=O) groups excluding carboxylic acids is 1. The lowest BCUT2D eigenvalue weighted by Gasteiger charge is -2.31. The molecule has 1 aromatic carbocycles. The van der Waals surface area contributed by atoms with Gasteiger partial charge in [0, 0.05) is 50.2 Å². The number of aryl methyl sites for hydroxylation is 2. The van der Waals surface area contributed by atoms with Crippen molar-refractivity contribution in [1.29, 1.82) is 0 Å². The summed E-state index contributed by atoms with van der Waals surface area (Å²) in [5.41, 5.74) is 2.13. The molecule has 2 N–H and O–H groups in total. The minimum atomic E-state index is -0.0919. The quantitative estimate of drug-likeness (QED) is 0.528. The highest BCUT2D eigenvalue weighted by molar-refractivity contribution is 6.32. The summed E-state index contributed by atoms with van der Waals surface area (Å²) in [5, 5.41) is 7.25. The van der Waals surface area contributed by atoms with Crippen LogP contribution in [0.1, 0.15) is 38.2 Å². The van der Waals surface area contributed by atoms with Crippen molar-refractivity contribution < 1.29 is 4.79 Å². The van der Waals surface area contributed by atoms with E-state index in [4.69, 9.17) is 16.6 Å². The highest BCUT2D eigenvalue weighted by Gasteiger charge is 2.20. The fourth-order valence-electron chi connectivity index (χ4n) is 4.46. The highest BCUT2D eigenvalue weighted by Crippen LogP contribution is 2.29. The lowest BCUT2D eigenvalue weighted by molar-refractivity contribution is -0.120. The molecule has 0 atom stereocenters. The number of halogens is 1. The van der Waals surface area contributed by atoms with Gasteiger partial charge >= 0.3 is 0 Å². The molecule has 1 amide bonds. The van der Waals surface area contributed by atoms with Gasteiger partial charge in [0.05, 0.1) is 11.7 Å². The van der Waals surface area contributed by atoms with Crippen molar-refractivity contribution in [2.24, 2.45) is 13.0 Å². The summed E-state index contributed by atoms with van der Waals surface area (Å²) in [6.45, 7) is 4.14. The molecule has 1 aliphatic heterocycles. The average Bonchev–Trinajstić information content (AvgIpc) is 2.86. The van der Waals surface area contributed by atoms with Gasteiger partial charge in [-0.1, -0.05) is 24.9 Å². The summed E-state index contributed by atoms with van der Waals surface area (Å²) < 4.78 is 1.62. The van der Waals surface area contributed by atoms with Crippen LogP contribution in [0.4, 0.5) is 17.5 Å². The number of benzene rings is 1. The molecule has 3 heterocycles. The van der Waals surface area contributed by atoms with E-state index < -0.39 is 0 Å². The summed E-state index contributed by atoms with van der Waals surface area (Å²) in [4.78, 5) is 35.7. The maximum absolute atomic E-state index is 12.7. The average molecular weight is 483 g/mol. The van der Waals surface area contributed by atoms with Crippen LogP contribution in [0.15, 0.2) is 35.3 Å². The number of hydrogen-bond acceptors (Lipinski definition) is 6. The van der Waals surface area contributed by atoms with Crippen LogP contribution in [0.25, 0.3) is 10.9 Å². The van der Waals surface area contributed by atoms with Crippen molar-refractivity contribution in [1.82, 2.24) is 19.9 Å². The molecule has 0 radical (unpaired) electrons. The van der Waals surface area contributed by atoms with Crippen molar-refractivity contribution in [2.75, 3.05) is 30.4 Å². The molecule has 0 aliphatic carbocycles. The number of fused-ring (bicyclic) bond motifs is 1. The van der Waals surface area contributed by atoms with Gasteiger partial charge in [0.2, 0.25) is 11.9 Å². The Hall–Kier alpha value is -3.13. The Morgan fingerprint density at radius 3 is 2.71 bits per heavy atom. The predicted molar refractivity (Wildman–Crippen MR) is 137 cm³/mol. The summed E-state index contributed by atoms with van der Waals surface area (Å²) in [5.74, 6) is 1.91. The number of pyridine rings is 1. The first-order valence-electron chi connectivity index (χ1n) is 11.8. The molecule has 1 fully saturated rings. The summed E-state index contributed by atoms with van der Waals surface area (Å²) in [6, 6.07) is 7.61. The van der Waals surface area contributed by atoms with E-state index in [0.717, 1.165) is 48.4 Å². The Labute approximate surface area is 204 Å². The van der Waals surface area contributed by atoms with Crippen molar-refractivity contribution >= 4 is 45.9 Å². The number of rotatable bonds is 7. The fourth-order valence-corrected chi connectivity index (χ4v) is 4.59. The predicted octanol–water partition coefficient (Wildman–Crippen LogP) is 4.03. The number of carbonyl (C=O) groups is 1. The molecule has 4 rings (SSSR count). The van der Waals surface area contributed by atoms with Crippen LogP contribution in [0.2, 0.25) is 5.02 Å². The van der Waals surface area contributed by atoms with Gasteiger partial charge in [0.1, 0.15) is 5.02 Å². The lowest BCUT2D eigenvalue weighted by atomic mass is 9.95. The monoisotopic (exact) mass is 482 g/mol. The third-order valence-electron chi connectivity index (χ3n) is 6.67. The summed E-state index contributed by atoms with van der Waals surface area (Å²) in [7, 11) is 3.34. The number of nitrogens with one attached hydrogen (secondary N) is 2. The maximum Gasteiger partial charge on any atom is 0.253 e. The minimum Gasteiger partial charge on any atom is -0.359 e. The summed E-state index contributed by atoms with van der Waals surface area (Å²) >= 11 is 6.42. The molecule has 34 heavy (non-hydrogen) atoms. The van der Waals surface area contributed by atoms with E-state index in [-0.39, 0.29) is 17.9 Å². The van der Waals surface area contributed by atoms with Crippen LogP contribution >= 0.6 is 11.6 Å². The molecule has 3 aromatic rings. The van der Waals surface area contributed by atoms with Gasteiger partial charge in [-0.3, -0.25) is 9.59 Å². The maximum atomic E-state index is 12.7. The number of anilines is 3. The second kappa shape index (κ2) is 10.4.